The lowest BCUT2D eigenvalue weighted by Crippen LogP contribution is -2.06. The Kier molecular flexibility index (Phi) is 3.32. The molecule has 0 aliphatic rings. The van der Waals surface area contributed by atoms with Gasteiger partial charge in [0.15, 0.2) is 11.5 Å². The van der Waals surface area contributed by atoms with Gasteiger partial charge in [0.25, 0.3) is 0 Å². The standard InChI is InChI=1S/C13H16N6O/c1-8-10(9(2)20-19-8)4-3-5-14-12-11-13(16-6-15-11)18-7-17-12/h6-7H,3-5H2,1-2H3,(H2,14,15,16,17,18). The molecule has 104 valence electrons. The van der Waals surface area contributed by atoms with E-state index in [9.17, 15) is 0 Å². The Labute approximate surface area is 115 Å². The molecule has 7 heteroatoms. The second kappa shape index (κ2) is 5.28. The molecule has 3 aromatic rings. The number of nitrogens with zero attached hydrogens (tertiary/aromatic N) is 4. The summed E-state index contributed by atoms with van der Waals surface area (Å²) in [6.07, 6.45) is 5.04. The van der Waals surface area contributed by atoms with Crippen LogP contribution in [0.5, 0.6) is 0 Å². The number of anilines is 1. The minimum absolute atomic E-state index is 0.674. The molecule has 0 bridgehead atoms. The summed E-state index contributed by atoms with van der Waals surface area (Å²) in [4.78, 5) is 15.4. The second-order valence-corrected chi connectivity index (χ2v) is 4.66. The van der Waals surface area contributed by atoms with Gasteiger partial charge in [-0.1, -0.05) is 5.16 Å². The largest absolute Gasteiger partial charge is 0.368 e. The van der Waals surface area contributed by atoms with Crippen LogP contribution in [0.4, 0.5) is 5.82 Å². The van der Waals surface area contributed by atoms with Crippen molar-refractivity contribution in [3.8, 4) is 0 Å². The molecule has 0 atom stereocenters. The van der Waals surface area contributed by atoms with Gasteiger partial charge in [0.05, 0.1) is 12.0 Å². The minimum Gasteiger partial charge on any atom is -0.368 e. The molecule has 0 saturated carbocycles. The number of H-pyrrole nitrogens is 1. The normalized spacial score (nSPS) is 11.1. The first-order valence-electron chi connectivity index (χ1n) is 6.55. The molecule has 7 nitrogen and oxygen atoms in total. The number of hydrogen-bond acceptors (Lipinski definition) is 6. The lowest BCUT2D eigenvalue weighted by molar-refractivity contribution is 0.392. The predicted molar refractivity (Wildman–Crippen MR) is 74.5 cm³/mol. The number of imidazole rings is 1. The van der Waals surface area contributed by atoms with Gasteiger partial charge in [0.1, 0.15) is 17.6 Å². The average Bonchev–Trinajstić information content (AvgIpc) is 3.04. The van der Waals surface area contributed by atoms with Gasteiger partial charge in [0.2, 0.25) is 0 Å². The molecule has 0 aromatic carbocycles. The van der Waals surface area contributed by atoms with E-state index in [1.165, 1.54) is 11.9 Å². The monoisotopic (exact) mass is 272 g/mol. The number of aromatic nitrogens is 5. The summed E-state index contributed by atoms with van der Waals surface area (Å²) in [6, 6.07) is 0. The quantitative estimate of drug-likeness (QED) is 0.690. The van der Waals surface area contributed by atoms with Crippen LogP contribution in [0.2, 0.25) is 0 Å². The number of rotatable bonds is 5. The van der Waals surface area contributed by atoms with E-state index in [0.717, 1.165) is 42.2 Å². The highest BCUT2D eigenvalue weighted by atomic mass is 16.5. The van der Waals surface area contributed by atoms with Crippen molar-refractivity contribution in [3.63, 3.8) is 0 Å². The van der Waals surface area contributed by atoms with Gasteiger partial charge in [0, 0.05) is 12.1 Å². The number of aryl methyl sites for hydroxylation is 2. The third-order valence-electron chi connectivity index (χ3n) is 3.30. The Morgan fingerprint density at radius 1 is 1.25 bits per heavy atom. The predicted octanol–water partition coefficient (Wildman–Crippen LogP) is 2.00. The highest BCUT2D eigenvalue weighted by Crippen LogP contribution is 2.16. The molecule has 0 aliphatic carbocycles. The fraction of sp³-hybridized carbons (Fsp3) is 0.385. The maximum Gasteiger partial charge on any atom is 0.182 e. The van der Waals surface area contributed by atoms with Crippen LogP contribution in [0.25, 0.3) is 11.2 Å². The third kappa shape index (κ3) is 2.34. The van der Waals surface area contributed by atoms with Crippen molar-refractivity contribution in [1.29, 1.82) is 0 Å². The molecule has 3 heterocycles. The van der Waals surface area contributed by atoms with E-state index < -0.39 is 0 Å². The zero-order valence-corrected chi connectivity index (χ0v) is 11.5. The molecule has 3 aromatic heterocycles. The van der Waals surface area contributed by atoms with Crippen LogP contribution < -0.4 is 5.32 Å². The van der Waals surface area contributed by atoms with E-state index in [0.29, 0.717) is 5.65 Å². The highest BCUT2D eigenvalue weighted by molar-refractivity contribution is 5.81. The van der Waals surface area contributed by atoms with Crippen molar-refractivity contribution < 1.29 is 4.52 Å². The summed E-state index contributed by atoms with van der Waals surface area (Å²) in [5.74, 6) is 1.69. The number of hydrogen-bond donors (Lipinski definition) is 2. The van der Waals surface area contributed by atoms with Crippen LogP contribution in [0.3, 0.4) is 0 Å². The van der Waals surface area contributed by atoms with Crippen LogP contribution in [0.15, 0.2) is 17.2 Å². The van der Waals surface area contributed by atoms with Crippen LogP contribution >= 0.6 is 0 Å². The average molecular weight is 272 g/mol. The van der Waals surface area contributed by atoms with E-state index >= 15 is 0 Å². The van der Waals surface area contributed by atoms with Gasteiger partial charge in [-0.25, -0.2) is 15.0 Å². The topological polar surface area (TPSA) is 92.5 Å². The van der Waals surface area contributed by atoms with Crippen LogP contribution in [0.1, 0.15) is 23.4 Å². The fourth-order valence-electron chi connectivity index (χ4n) is 2.23. The van der Waals surface area contributed by atoms with E-state index in [2.05, 4.69) is 30.4 Å². The molecular weight excluding hydrogens is 256 g/mol. The summed E-state index contributed by atoms with van der Waals surface area (Å²) in [7, 11) is 0. The summed E-state index contributed by atoms with van der Waals surface area (Å²) < 4.78 is 5.15. The summed E-state index contributed by atoms with van der Waals surface area (Å²) in [6.45, 7) is 4.73. The van der Waals surface area contributed by atoms with Crippen molar-refractivity contribution >= 4 is 17.0 Å². The summed E-state index contributed by atoms with van der Waals surface area (Å²) >= 11 is 0. The molecule has 0 aliphatic heterocycles. The molecule has 3 rings (SSSR count). The Hall–Kier alpha value is -2.44. The molecule has 0 spiro atoms. The first-order chi connectivity index (χ1) is 9.75. The van der Waals surface area contributed by atoms with Gasteiger partial charge in [-0.05, 0) is 26.7 Å². The third-order valence-corrected chi connectivity index (χ3v) is 3.30. The molecule has 20 heavy (non-hydrogen) atoms. The van der Waals surface area contributed by atoms with Crippen molar-refractivity contribution in [2.45, 2.75) is 26.7 Å². The first-order valence-corrected chi connectivity index (χ1v) is 6.55. The van der Waals surface area contributed by atoms with Crippen molar-refractivity contribution in [1.82, 2.24) is 25.1 Å². The van der Waals surface area contributed by atoms with Crippen molar-refractivity contribution in [2.24, 2.45) is 0 Å². The summed E-state index contributed by atoms with van der Waals surface area (Å²) in [5, 5.41) is 7.26. The molecule has 0 amide bonds. The van der Waals surface area contributed by atoms with Crippen LogP contribution in [0, 0.1) is 13.8 Å². The van der Waals surface area contributed by atoms with Gasteiger partial charge in [-0.15, -0.1) is 0 Å². The molecule has 0 radical (unpaired) electrons. The Morgan fingerprint density at radius 2 is 2.15 bits per heavy atom. The Morgan fingerprint density at radius 3 is 2.95 bits per heavy atom. The van der Waals surface area contributed by atoms with Gasteiger partial charge in [-0.2, -0.15) is 0 Å². The molecular formula is C13H16N6O. The van der Waals surface area contributed by atoms with Gasteiger partial charge >= 0.3 is 0 Å². The smallest absolute Gasteiger partial charge is 0.182 e. The van der Waals surface area contributed by atoms with E-state index in [1.54, 1.807) is 6.33 Å². The zero-order valence-electron chi connectivity index (χ0n) is 11.5. The fourth-order valence-corrected chi connectivity index (χ4v) is 2.23. The van der Waals surface area contributed by atoms with Crippen molar-refractivity contribution in [2.75, 3.05) is 11.9 Å². The van der Waals surface area contributed by atoms with Gasteiger partial charge < -0.3 is 14.8 Å². The first kappa shape index (κ1) is 12.6. The van der Waals surface area contributed by atoms with Gasteiger partial charge in [-0.3, -0.25) is 0 Å². The maximum atomic E-state index is 5.15. The van der Waals surface area contributed by atoms with Crippen LogP contribution in [-0.4, -0.2) is 31.6 Å². The Bertz CT molecular complexity index is 697. The second-order valence-electron chi connectivity index (χ2n) is 4.66. The molecule has 0 fully saturated rings. The number of fused-ring (bicyclic) bond motifs is 1. The minimum atomic E-state index is 0.674. The molecule has 0 saturated heterocycles. The van der Waals surface area contributed by atoms with Crippen LogP contribution in [-0.2, 0) is 6.42 Å². The maximum absolute atomic E-state index is 5.15. The van der Waals surface area contributed by atoms with E-state index in [-0.39, 0.29) is 0 Å². The SMILES string of the molecule is Cc1noc(C)c1CCCNc1ncnc2nc[nH]c12. The van der Waals surface area contributed by atoms with Crippen molar-refractivity contribution in [3.05, 3.63) is 29.7 Å². The molecule has 2 N–H and O–H groups in total. The highest BCUT2D eigenvalue weighted by Gasteiger charge is 2.09. The van der Waals surface area contributed by atoms with E-state index in [1.807, 2.05) is 13.8 Å². The zero-order chi connectivity index (χ0) is 13.9. The number of aromatic amines is 1. The lowest BCUT2D eigenvalue weighted by Gasteiger charge is -2.05. The lowest BCUT2D eigenvalue weighted by atomic mass is 10.1. The number of nitrogens with one attached hydrogen (secondary N) is 2. The molecule has 0 unspecified atom stereocenters. The summed E-state index contributed by atoms with van der Waals surface area (Å²) in [5.41, 5.74) is 3.68. The Balaban J connectivity index is 1.59. The van der Waals surface area contributed by atoms with E-state index in [4.69, 9.17) is 4.52 Å².